The minimum absolute atomic E-state index is 0.796. The number of benzene rings is 1. The van der Waals surface area contributed by atoms with Crippen LogP contribution in [0.15, 0.2) is 48.0 Å². The molecule has 13 heavy (non-hydrogen) atoms. The molecule has 68 valence electrons. The Bertz CT molecular complexity index is 329. The molecule has 0 spiro atoms. The molecule has 0 saturated heterocycles. The number of hydrogen-bond acceptors (Lipinski definition) is 2. The van der Waals surface area contributed by atoms with Gasteiger partial charge in [-0.15, -0.1) is 12.6 Å². The van der Waals surface area contributed by atoms with Gasteiger partial charge in [0.2, 0.25) is 0 Å². The van der Waals surface area contributed by atoms with Crippen molar-refractivity contribution in [2.45, 2.75) is 6.92 Å². The first-order valence-corrected chi connectivity index (χ1v) is 4.53. The van der Waals surface area contributed by atoms with Crippen molar-refractivity contribution >= 4 is 18.3 Å². The molecule has 0 saturated carbocycles. The summed E-state index contributed by atoms with van der Waals surface area (Å²) in [5.74, 6) is 0. The molecular formula is C11H13NS. The van der Waals surface area contributed by atoms with Crippen LogP contribution in [0.2, 0.25) is 0 Å². The Balaban J connectivity index is 2.80. The van der Waals surface area contributed by atoms with Crippen molar-refractivity contribution in [3.05, 3.63) is 53.6 Å². The lowest BCUT2D eigenvalue weighted by molar-refractivity contribution is 1.43. The third kappa shape index (κ3) is 2.99. The van der Waals surface area contributed by atoms with E-state index in [9.17, 15) is 0 Å². The van der Waals surface area contributed by atoms with Gasteiger partial charge >= 0.3 is 0 Å². The number of hydrogen-bond donors (Lipinski definition) is 2. The number of thiol groups is 1. The fraction of sp³-hybridized carbons (Fsp3) is 0.0909. The second kappa shape index (κ2) is 4.77. The van der Waals surface area contributed by atoms with Crippen LogP contribution in [0.4, 0.5) is 5.69 Å². The van der Waals surface area contributed by atoms with Gasteiger partial charge in [0.05, 0.1) is 5.03 Å². The highest BCUT2D eigenvalue weighted by atomic mass is 32.1. The van der Waals surface area contributed by atoms with Gasteiger partial charge in [-0.05, 0) is 24.6 Å². The maximum atomic E-state index is 4.25. The van der Waals surface area contributed by atoms with Crippen LogP contribution in [-0.2, 0) is 0 Å². The van der Waals surface area contributed by atoms with Crippen molar-refractivity contribution in [3.8, 4) is 0 Å². The average Bonchev–Trinajstić information content (AvgIpc) is 2.09. The number of para-hydroxylation sites is 1. The van der Waals surface area contributed by atoms with Gasteiger partial charge in [0.1, 0.15) is 0 Å². The second-order valence-corrected chi connectivity index (χ2v) is 3.21. The number of allylic oxidation sites excluding steroid dienone is 2. The van der Waals surface area contributed by atoms with Gasteiger partial charge in [0.25, 0.3) is 0 Å². The van der Waals surface area contributed by atoms with Crippen molar-refractivity contribution in [2.75, 3.05) is 5.32 Å². The molecule has 0 bridgehead atoms. The number of aryl methyl sites for hydroxylation is 1. The van der Waals surface area contributed by atoms with Gasteiger partial charge in [-0.1, -0.05) is 30.9 Å². The van der Waals surface area contributed by atoms with E-state index in [1.807, 2.05) is 24.3 Å². The molecule has 0 atom stereocenters. The summed E-state index contributed by atoms with van der Waals surface area (Å²) in [6.45, 7) is 5.65. The second-order valence-electron chi connectivity index (χ2n) is 2.73. The van der Waals surface area contributed by atoms with Crippen molar-refractivity contribution in [1.29, 1.82) is 0 Å². The fourth-order valence-electron chi connectivity index (χ4n) is 1.00. The first kappa shape index (κ1) is 9.93. The van der Waals surface area contributed by atoms with Crippen molar-refractivity contribution in [3.63, 3.8) is 0 Å². The van der Waals surface area contributed by atoms with E-state index in [0.717, 1.165) is 10.7 Å². The van der Waals surface area contributed by atoms with Crippen molar-refractivity contribution in [1.82, 2.24) is 0 Å². The predicted molar refractivity (Wildman–Crippen MR) is 62.1 cm³/mol. The number of anilines is 1. The fourth-order valence-corrected chi connectivity index (χ4v) is 1.23. The first-order valence-electron chi connectivity index (χ1n) is 4.08. The van der Waals surface area contributed by atoms with Crippen LogP contribution in [0, 0.1) is 6.92 Å². The molecule has 0 amide bonds. The van der Waals surface area contributed by atoms with E-state index in [0.29, 0.717) is 0 Å². The minimum atomic E-state index is 0.796. The number of nitrogens with one attached hydrogen (secondary N) is 1. The van der Waals surface area contributed by atoms with E-state index >= 15 is 0 Å². The molecule has 0 heterocycles. The maximum absolute atomic E-state index is 4.25. The Morgan fingerprint density at radius 1 is 1.46 bits per heavy atom. The predicted octanol–water partition coefficient (Wildman–Crippen LogP) is 3.36. The molecule has 0 aliphatic rings. The van der Waals surface area contributed by atoms with Crippen LogP contribution < -0.4 is 5.32 Å². The van der Waals surface area contributed by atoms with E-state index in [1.165, 1.54) is 5.56 Å². The Morgan fingerprint density at radius 3 is 2.77 bits per heavy atom. The zero-order valence-corrected chi connectivity index (χ0v) is 8.51. The summed E-state index contributed by atoms with van der Waals surface area (Å²) < 4.78 is 0. The lowest BCUT2D eigenvalue weighted by Crippen LogP contribution is -1.94. The maximum Gasteiger partial charge on any atom is 0.0694 e. The average molecular weight is 191 g/mol. The standard InChI is InChI=1S/C11H13NS/c1-3-6-11(13)12-10-8-5-4-7-9(10)2/h3-8,12-13H,1H2,2H3/b11-6-. The largest absolute Gasteiger partial charge is 0.350 e. The van der Waals surface area contributed by atoms with E-state index in [2.05, 4.69) is 37.5 Å². The highest BCUT2D eigenvalue weighted by molar-refractivity contribution is 7.84. The van der Waals surface area contributed by atoms with Gasteiger partial charge in [0, 0.05) is 5.69 Å². The minimum Gasteiger partial charge on any atom is -0.350 e. The smallest absolute Gasteiger partial charge is 0.0694 e. The van der Waals surface area contributed by atoms with Gasteiger partial charge in [-0.25, -0.2) is 0 Å². The zero-order valence-electron chi connectivity index (χ0n) is 7.62. The van der Waals surface area contributed by atoms with E-state index in [1.54, 1.807) is 6.08 Å². The highest BCUT2D eigenvalue weighted by Crippen LogP contribution is 2.16. The lowest BCUT2D eigenvalue weighted by Gasteiger charge is -2.07. The summed E-state index contributed by atoms with van der Waals surface area (Å²) in [4.78, 5) is 0. The van der Waals surface area contributed by atoms with Crippen LogP contribution in [0.1, 0.15) is 5.56 Å². The van der Waals surface area contributed by atoms with E-state index in [4.69, 9.17) is 0 Å². The van der Waals surface area contributed by atoms with Crippen LogP contribution in [0.3, 0.4) is 0 Å². The summed E-state index contributed by atoms with van der Waals surface area (Å²) in [5.41, 5.74) is 2.28. The van der Waals surface area contributed by atoms with Gasteiger partial charge in [-0.3, -0.25) is 0 Å². The highest BCUT2D eigenvalue weighted by Gasteiger charge is 1.95. The summed E-state index contributed by atoms with van der Waals surface area (Å²) in [6, 6.07) is 8.07. The van der Waals surface area contributed by atoms with Crippen LogP contribution in [0.25, 0.3) is 0 Å². The third-order valence-electron chi connectivity index (χ3n) is 1.68. The molecule has 1 rings (SSSR count). The summed E-state index contributed by atoms with van der Waals surface area (Å²) >= 11 is 4.25. The monoisotopic (exact) mass is 191 g/mol. The Hall–Kier alpha value is -1.15. The van der Waals surface area contributed by atoms with Crippen LogP contribution in [-0.4, -0.2) is 0 Å². The molecule has 1 aromatic carbocycles. The summed E-state index contributed by atoms with van der Waals surface area (Å²) in [6.07, 6.45) is 3.52. The molecule has 2 heteroatoms. The Labute approximate surface area is 84.6 Å². The van der Waals surface area contributed by atoms with Crippen molar-refractivity contribution < 1.29 is 0 Å². The molecule has 0 aromatic heterocycles. The van der Waals surface area contributed by atoms with E-state index in [-0.39, 0.29) is 0 Å². The quantitative estimate of drug-likeness (QED) is 0.551. The normalized spacial score (nSPS) is 11.1. The molecular weight excluding hydrogens is 178 g/mol. The SMILES string of the molecule is C=C/C=C(\S)Nc1ccccc1C. The zero-order chi connectivity index (χ0) is 9.68. The van der Waals surface area contributed by atoms with Crippen LogP contribution in [0.5, 0.6) is 0 Å². The molecule has 1 N–H and O–H groups in total. The molecule has 0 aliphatic heterocycles. The topological polar surface area (TPSA) is 12.0 Å². The molecule has 1 nitrogen and oxygen atoms in total. The third-order valence-corrected chi connectivity index (χ3v) is 1.94. The van der Waals surface area contributed by atoms with Crippen LogP contribution >= 0.6 is 12.6 Å². The Kier molecular flexibility index (Phi) is 3.65. The van der Waals surface area contributed by atoms with Gasteiger partial charge in [-0.2, -0.15) is 0 Å². The van der Waals surface area contributed by atoms with Gasteiger partial charge in [0.15, 0.2) is 0 Å². The Morgan fingerprint density at radius 2 is 2.15 bits per heavy atom. The molecule has 1 aromatic rings. The molecule has 0 aliphatic carbocycles. The molecule has 0 radical (unpaired) electrons. The molecule has 0 fully saturated rings. The number of rotatable bonds is 3. The van der Waals surface area contributed by atoms with Gasteiger partial charge < -0.3 is 5.32 Å². The summed E-state index contributed by atoms with van der Waals surface area (Å²) in [5, 5.41) is 3.96. The van der Waals surface area contributed by atoms with Crippen molar-refractivity contribution in [2.24, 2.45) is 0 Å². The first-order chi connectivity index (χ1) is 6.24. The van der Waals surface area contributed by atoms with E-state index < -0.39 is 0 Å². The molecule has 0 unspecified atom stereocenters. The summed E-state index contributed by atoms with van der Waals surface area (Å²) in [7, 11) is 0. The lowest BCUT2D eigenvalue weighted by atomic mass is 10.2.